The lowest BCUT2D eigenvalue weighted by Gasteiger charge is -2.40. The van der Waals surface area contributed by atoms with Gasteiger partial charge < -0.3 is 19.7 Å². The van der Waals surface area contributed by atoms with Crippen molar-refractivity contribution < 1.29 is 19.1 Å². The largest absolute Gasteiger partial charge is 0.497 e. The Hall–Kier alpha value is -1.76. The van der Waals surface area contributed by atoms with Crippen molar-refractivity contribution in [3.8, 4) is 5.75 Å². The number of nitrogens with one attached hydrogen (secondary N) is 1. The van der Waals surface area contributed by atoms with Crippen molar-refractivity contribution in [1.29, 1.82) is 0 Å². The van der Waals surface area contributed by atoms with E-state index in [0.717, 1.165) is 0 Å². The molecule has 0 aromatic heterocycles. The van der Waals surface area contributed by atoms with Crippen molar-refractivity contribution in [2.24, 2.45) is 0 Å². The fourth-order valence-corrected chi connectivity index (χ4v) is 2.54. The van der Waals surface area contributed by atoms with Gasteiger partial charge >= 0.3 is 6.09 Å². The Morgan fingerprint density at radius 3 is 2.52 bits per heavy atom. The van der Waals surface area contributed by atoms with Crippen LogP contribution in [0.25, 0.3) is 0 Å². The van der Waals surface area contributed by atoms with Crippen molar-refractivity contribution in [2.75, 3.05) is 20.2 Å². The molecule has 0 saturated carbocycles. The van der Waals surface area contributed by atoms with Gasteiger partial charge in [0.15, 0.2) is 0 Å². The van der Waals surface area contributed by atoms with Crippen LogP contribution in [0.1, 0.15) is 31.1 Å². The highest BCUT2D eigenvalue weighted by atomic mass is 79.9. The minimum Gasteiger partial charge on any atom is -0.497 e. The predicted octanol–water partition coefficient (Wildman–Crippen LogP) is 2.81. The maximum Gasteiger partial charge on any atom is 0.410 e. The van der Waals surface area contributed by atoms with Gasteiger partial charge in [0.1, 0.15) is 11.4 Å². The molecule has 1 aliphatic rings. The molecular formula is C16H21BrN2O4. The van der Waals surface area contributed by atoms with E-state index in [0.29, 0.717) is 28.9 Å². The summed E-state index contributed by atoms with van der Waals surface area (Å²) in [5, 5.41) is 2.90. The maximum atomic E-state index is 12.3. The second-order valence-corrected chi connectivity index (χ2v) is 7.26. The average molecular weight is 385 g/mol. The van der Waals surface area contributed by atoms with Crippen LogP contribution in [-0.2, 0) is 4.74 Å². The number of benzene rings is 1. The first-order valence-corrected chi connectivity index (χ1v) is 8.11. The average Bonchev–Trinajstić information content (AvgIpc) is 2.40. The number of amides is 2. The predicted molar refractivity (Wildman–Crippen MR) is 89.8 cm³/mol. The Labute approximate surface area is 144 Å². The van der Waals surface area contributed by atoms with E-state index in [1.165, 1.54) is 0 Å². The number of rotatable bonds is 3. The summed E-state index contributed by atoms with van der Waals surface area (Å²) in [6.07, 6.45) is -0.356. The number of ether oxygens (including phenoxy) is 2. The Morgan fingerprint density at radius 2 is 1.96 bits per heavy atom. The third-order valence-corrected chi connectivity index (χ3v) is 3.98. The molecule has 6 nitrogen and oxygen atoms in total. The summed E-state index contributed by atoms with van der Waals surface area (Å²) < 4.78 is 11.1. The maximum absolute atomic E-state index is 12.3. The number of likely N-dealkylation sites (tertiary alicyclic amines) is 1. The lowest BCUT2D eigenvalue weighted by atomic mass is 10.1. The zero-order chi connectivity index (χ0) is 17.2. The number of nitrogens with zero attached hydrogens (tertiary/aromatic N) is 1. The summed E-state index contributed by atoms with van der Waals surface area (Å²) in [6, 6.07) is 5.13. The van der Waals surface area contributed by atoms with Crippen LogP contribution in [0.5, 0.6) is 5.75 Å². The Bertz CT molecular complexity index is 607. The number of carbonyl (C=O) groups excluding carboxylic acids is 2. The van der Waals surface area contributed by atoms with Gasteiger partial charge in [-0.25, -0.2) is 4.79 Å². The molecule has 0 spiro atoms. The molecule has 1 aromatic rings. The van der Waals surface area contributed by atoms with Gasteiger partial charge in [0.2, 0.25) is 0 Å². The molecule has 2 rings (SSSR count). The van der Waals surface area contributed by atoms with Crippen molar-refractivity contribution in [2.45, 2.75) is 32.4 Å². The molecule has 1 aliphatic heterocycles. The van der Waals surface area contributed by atoms with Crippen LogP contribution >= 0.6 is 15.9 Å². The van der Waals surface area contributed by atoms with Crippen LogP contribution in [0, 0.1) is 0 Å². The molecule has 0 atom stereocenters. The SMILES string of the molecule is COc1ccc(Br)c(C(=O)NC2CN(C(=O)OC(C)(C)C)C2)c1. The van der Waals surface area contributed by atoms with E-state index in [9.17, 15) is 9.59 Å². The fraction of sp³-hybridized carbons (Fsp3) is 0.500. The Kier molecular flexibility index (Phi) is 5.19. The lowest BCUT2D eigenvalue weighted by molar-refractivity contribution is 0.00533. The first-order chi connectivity index (χ1) is 10.7. The van der Waals surface area contributed by atoms with Crippen molar-refractivity contribution in [3.05, 3.63) is 28.2 Å². The zero-order valence-electron chi connectivity index (χ0n) is 13.7. The summed E-state index contributed by atoms with van der Waals surface area (Å²) in [5.41, 5.74) is -0.0169. The van der Waals surface area contributed by atoms with Gasteiger partial charge in [-0.1, -0.05) is 0 Å². The molecule has 0 bridgehead atoms. The number of hydrogen-bond donors (Lipinski definition) is 1. The van der Waals surface area contributed by atoms with Gasteiger partial charge in [-0.05, 0) is 54.9 Å². The van der Waals surface area contributed by atoms with Gasteiger partial charge in [-0.15, -0.1) is 0 Å². The molecule has 2 amide bonds. The van der Waals surface area contributed by atoms with E-state index in [1.807, 2.05) is 20.8 Å². The van der Waals surface area contributed by atoms with Crippen molar-refractivity contribution in [1.82, 2.24) is 10.2 Å². The molecule has 1 aromatic carbocycles. The molecule has 1 heterocycles. The Balaban J connectivity index is 1.88. The topological polar surface area (TPSA) is 67.9 Å². The summed E-state index contributed by atoms with van der Waals surface area (Å²) in [4.78, 5) is 25.7. The molecule has 1 N–H and O–H groups in total. The molecule has 1 saturated heterocycles. The van der Waals surface area contributed by atoms with Crippen LogP contribution in [0.4, 0.5) is 4.79 Å². The highest BCUT2D eigenvalue weighted by molar-refractivity contribution is 9.10. The first kappa shape index (κ1) is 17.6. The molecule has 0 radical (unpaired) electrons. The van der Waals surface area contributed by atoms with Gasteiger partial charge in [0, 0.05) is 17.6 Å². The summed E-state index contributed by atoms with van der Waals surface area (Å²) >= 11 is 3.36. The number of carbonyl (C=O) groups is 2. The normalized spacial score (nSPS) is 14.9. The quantitative estimate of drug-likeness (QED) is 0.869. The number of methoxy groups -OCH3 is 1. The highest BCUT2D eigenvalue weighted by Gasteiger charge is 2.34. The van der Waals surface area contributed by atoms with Crippen LogP contribution in [0.2, 0.25) is 0 Å². The zero-order valence-corrected chi connectivity index (χ0v) is 15.3. The fourth-order valence-electron chi connectivity index (χ4n) is 2.11. The van der Waals surface area contributed by atoms with E-state index in [1.54, 1.807) is 30.2 Å². The minimum absolute atomic E-state index is 0.0758. The minimum atomic E-state index is -0.517. The highest BCUT2D eigenvalue weighted by Crippen LogP contribution is 2.23. The Morgan fingerprint density at radius 1 is 1.30 bits per heavy atom. The van der Waals surface area contributed by atoms with Crippen LogP contribution in [0.3, 0.4) is 0 Å². The molecule has 7 heteroatoms. The van der Waals surface area contributed by atoms with Crippen LogP contribution in [-0.4, -0.2) is 48.7 Å². The van der Waals surface area contributed by atoms with Gasteiger partial charge in [0.05, 0.1) is 18.7 Å². The van der Waals surface area contributed by atoms with Crippen LogP contribution in [0.15, 0.2) is 22.7 Å². The molecule has 0 aliphatic carbocycles. The van der Waals surface area contributed by atoms with E-state index < -0.39 is 5.60 Å². The molecule has 23 heavy (non-hydrogen) atoms. The van der Waals surface area contributed by atoms with Crippen LogP contribution < -0.4 is 10.1 Å². The summed E-state index contributed by atoms with van der Waals surface area (Å²) in [5.74, 6) is 0.409. The monoisotopic (exact) mass is 384 g/mol. The first-order valence-electron chi connectivity index (χ1n) is 7.32. The molecule has 1 fully saturated rings. The molecule has 126 valence electrons. The van der Waals surface area contributed by atoms with Crippen molar-refractivity contribution in [3.63, 3.8) is 0 Å². The number of halogens is 1. The third kappa shape index (κ3) is 4.60. The molecule has 0 unspecified atom stereocenters. The second-order valence-electron chi connectivity index (χ2n) is 6.40. The summed E-state index contributed by atoms with van der Waals surface area (Å²) in [6.45, 7) is 6.36. The second kappa shape index (κ2) is 6.78. The van der Waals surface area contributed by atoms with Gasteiger partial charge in [-0.3, -0.25) is 4.79 Å². The van der Waals surface area contributed by atoms with E-state index in [-0.39, 0.29) is 18.0 Å². The number of hydrogen-bond acceptors (Lipinski definition) is 4. The smallest absolute Gasteiger partial charge is 0.410 e. The van der Waals surface area contributed by atoms with E-state index in [4.69, 9.17) is 9.47 Å². The third-order valence-electron chi connectivity index (χ3n) is 3.29. The summed E-state index contributed by atoms with van der Waals surface area (Å²) in [7, 11) is 1.55. The van der Waals surface area contributed by atoms with E-state index >= 15 is 0 Å². The standard InChI is InChI=1S/C16H21BrN2O4/c1-16(2,3)23-15(21)19-8-10(9-19)18-14(20)12-7-11(22-4)5-6-13(12)17/h5-7,10H,8-9H2,1-4H3,(H,18,20). The van der Waals surface area contributed by atoms with E-state index in [2.05, 4.69) is 21.2 Å². The molecular weight excluding hydrogens is 364 g/mol. The lowest BCUT2D eigenvalue weighted by Crippen LogP contribution is -2.61. The van der Waals surface area contributed by atoms with Gasteiger partial charge in [0.25, 0.3) is 5.91 Å². The van der Waals surface area contributed by atoms with Gasteiger partial charge in [-0.2, -0.15) is 0 Å². The van der Waals surface area contributed by atoms with Crippen molar-refractivity contribution >= 4 is 27.9 Å².